The summed E-state index contributed by atoms with van der Waals surface area (Å²) in [5, 5.41) is 22.4. The zero-order chi connectivity index (χ0) is 14.9. The highest BCUT2D eigenvalue weighted by Gasteiger charge is 2.50. The monoisotopic (exact) mass is 278 g/mol. The summed E-state index contributed by atoms with van der Waals surface area (Å²) in [5.41, 5.74) is -0.517. The van der Waals surface area contributed by atoms with Gasteiger partial charge in [0, 0.05) is 23.7 Å². The molecular weight excluding hydrogens is 264 g/mol. The van der Waals surface area contributed by atoms with Crippen LogP contribution in [0.3, 0.4) is 0 Å². The first kappa shape index (κ1) is 14.0. The number of nitrogens with zero attached hydrogens (tertiary/aromatic N) is 1. The fourth-order valence-electron chi connectivity index (χ4n) is 2.03. The largest absolute Gasteiger partial charge is 0.481 e. The van der Waals surface area contributed by atoms with Gasteiger partial charge < -0.3 is 10.4 Å². The smallest absolute Gasteiger partial charge is 0.311 e. The lowest BCUT2D eigenvalue weighted by Crippen LogP contribution is -2.34. The summed E-state index contributed by atoms with van der Waals surface area (Å²) in [4.78, 5) is 33.3. The highest BCUT2D eigenvalue weighted by atomic mass is 16.6. The van der Waals surface area contributed by atoms with Crippen LogP contribution < -0.4 is 5.32 Å². The normalized spacial score (nSPS) is 15.4. The van der Waals surface area contributed by atoms with Gasteiger partial charge in [0.1, 0.15) is 0 Å². The Hall–Kier alpha value is -2.44. The van der Waals surface area contributed by atoms with Gasteiger partial charge in [-0.2, -0.15) is 0 Å². The number of rotatable bonds is 5. The molecule has 1 aromatic carbocycles. The fraction of sp³-hybridized carbons (Fsp3) is 0.385. The molecule has 1 aromatic rings. The van der Waals surface area contributed by atoms with Crippen LogP contribution in [0.5, 0.6) is 0 Å². The van der Waals surface area contributed by atoms with E-state index in [1.165, 1.54) is 25.1 Å². The molecule has 0 unspecified atom stereocenters. The lowest BCUT2D eigenvalue weighted by atomic mass is 10.0. The maximum Gasteiger partial charge on any atom is 0.311 e. The van der Waals surface area contributed by atoms with E-state index in [-0.39, 0.29) is 23.4 Å². The van der Waals surface area contributed by atoms with Crippen LogP contribution in [0.2, 0.25) is 0 Å². The number of carbonyl (C=O) groups excluding carboxylic acids is 1. The number of nitro benzene ring substituents is 1. The molecule has 20 heavy (non-hydrogen) atoms. The van der Waals surface area contributed by atoms with Crippen molar-refractivity contribution in [1.82, 2.24) is 5.32 Å². The molecule has 1 aliphatic rings. The Morgan fingerprint density at radius 2 is 2.10 bits per heavy atom. The number of hydrogen-bond donors (Lipinski definition) is 2. The molecule has 0 aromatic heterocycles. The predicted octanol–water partition coefficient (Wildman–Crippen LogP) is 1.50. The second-order valence-electron chi connectivity index (χ2n) is 4.97. The van der Waals surface area contributed by atoms with E-state index in [0.29, 0.717) is 12.8 Å². The highest BCUT2D eigenvalue weighted by Crippen LogP contribution is 2.45. The first-order valence-corrected chi connectivity index (χ1v) is 6.13. The van der Waals surface area contributed by atoms with Gasteiger partial charge in [-0.1, -0.05) is 6.07 Å². The van der Waals surface area contributed by atoms with E-state index < -0.39 is 22.2 Å². The average molecular weight is 278 g/mol. The summed E-state index contributed by atoms with van der Waals surface area (Å²) in [6, 6.07) is 4.24. The number of benzene rings is 1. The van der Waals surface area contributed by atoms with Crippen LogP contribution in [0.1, 0.15) is 28.8 Å². The van der Waals surface area contributed by atoms with Crippen molar-refractivity contribution < 1.29 is 19.6 Å². The first-order chi connectivity index (χ1) is 9.37. The zero-order valence-electron chi connectivity index (χ0n) is 10.9. The molecule has 0 saturated heterocycles. The van der Waals surface area contributed by atoms with Gasteiger partial charge in [0.2, 0.25) is 0 Å². The van der Waals surface area contributed by atoms with E-state index in [4.69, 9.17) is 5.11 Å². The minimum atomic E-state index is -0.923. The number of aliphatic carboxylic acids is 1. The van der Waals surface area contributed by atoms with E-state index in [9.17, 15) is 19.7 Å². The van der Waals surface area contributed by atoms with Crippen LogP contribution in [-0.4, -0.2) is 28.5 Å². The summed E-state index contributed by atoms with van der Waals surface area (Å²) in [5.74, 6) is -1.41. The lowest BCUT2D eigenvalue weighted by molar-refractivity contribution is -0.385. The molecule has 0 radical (unpaired) electrons. The van der Waals surface area contributed by atoms with Gasteiger partial charge in [0.15, 0.2) is 0 Å². The summed E-state index contributed by atoms with van der Waals surface area (Å²) in [6.07, 6.45) is 1.08. The molecular formula is C13H14N2O5. The van der Waals surface area contributed by atoms with E-state index in [2.05, 4.69) is 5.32 Å². The SMILES string of the molecule is Cc1c(C(=O)NCC2(C(=O)O)CC2)cccc1[N+](=O)[O-]. The number of amides is 1. The number of hydrogen-bond acceptors (Lipinski definition) is 4. The number of nitro groups is 1. The molecule has 1 amide bonds. The van der Waals surface area contributed by atoms with Crippen molar-refractivity contribution in [3.05, 3.63) is 39.4 Å². The average Bonchev–Trinajstić information content (AvgIpc) is 3.17. The van der Waals surface area contributed by atoms with Crippen molar-refractivity contribution in [2.75, 3.05) is 6.54 Å². The summed E-state index contributed by atoms with van der Waals surface area (Å²) >= 11 is 0. The number of nitrogens with one attached hydrogen (secondary N) is 1. The van der Waals surface area contributed by atoms with Crippen molar-refractivity contribution in [3.8, 4) is 0 Å². The Kier molecular flexibility index (Phi) is 3.44. The second-order valence-corrected chi connectivity index (χ2v) is 4.97. The maximum atomic E-state index is 12.0. The van der Waals surface area contributed by atoms with Crippen molar-refractivity contribution in [2.45, 2.75) is 19.8 Å². The molecule has 7 nitrogen and oxygen atoms in total. The molecule has 0 atom stereocenters. The van der Waals surface area contributed by atoms with Crippen LogP contribution in [0.25, 0.3) is 0 Å². The second kappa shape index (κ2) is 4.92. The van der Waals surface area contributed by atoms with Crippen LogP contribution in [0.4, 0.5) is 5.69 Å². The summed E-state index contributed by atoms with van der Waals surface area (Å²) in [6.45, 7) is 1.54. The zero-order valence-corrected chi connectivity index (χ0v) is 10.9. The maximum absolute atomic E-state index is 12.0. The molecule has 0 aliphatic heterocycles. The molecule has 7 heteroatoms. The lowest BCUT2D eigenvalue weighted by Gasteiger charge is -2.12. The molecule has 1 fully saturated rings. The van der Waals surface area contributed by atoms with Crippen molar-refractivity contribution in [1.29, 1.82) is 0 Å². The molecule has 2 rings (SSSR count). The number of carbonyl (C=O) groups is 2. The van der Waals surface area contributed by atoms with Crippen molar-refractivity contribution >= 4 is 17.6 Å². The molecule has 0 spiro atoms. The molecule has 0 bridgehead atoms. The van der Waals surface area contributed by atoms with E-state index in [1.54, 1.807) is 0 Å². The topological polar surface area (TPSA) is 110 Å². The standard InChI is InChI=1S/C13H14N2O5/c1-8-9(3-2-4-10(8)15(19)20)11(16)14-7-13(5-6-13)12(17)18/h2-4H,5-7H2,1H3,(H,14,16)(H,17,18). The molecule has 0 heterocycles. The highest BCUT2D eigenvalue weighted by molar-refractivity contribution is 5.97. The minimum Gasteiger partial charge on any atom is -0.481 e. The Balaban J connectivity index is 2.12. The minimum absolute atomic E-state index is 0.0449. The number of carboxylic acids is 1. The summed E-state index contributed by atoms with van der Waals surface area (Å²) in [7, 11) is 0. The van der Waals surface area contributed by atoms with Gasteiger partial charge in [-0.25, -0.2) is 0 Å². The van der Waals surface area contributed by atoms with Crippen molar-refractivity contribution in [3.63, 3.8) is 0 Å². The van der Waals surface area contributed by atoms with Gasteiger partial charge in [0.25, 0.3) is 11.6 Å². The van der Waals surface area contributed by atoms with E-state index in [1.807, 2.05) is 0 Å². The van der Waals surface area contributed by atoms with Crippen LogP contribution >= 0.6 is 0 Å². The fourth-order valence-corrected chi connectivity index (χ4v) is 2.03. The molecule has 106 valence electrons. The molecule has 1 aliphatic carbocycles. The van der Waals surface area contributed by atoms with Gasteiger partial charge in [-0.05, 0) is 25.8 Å². The van der Waals surface area contributed by atoms with Crippen LogP contribution in [-0.2, 0) is 4.79 Å². The quantitative estimate of drug-likeness (QED) is 0.626. The van der Waals surface area contributed by atoms with Gasteiger partial charge >= 0.3 is 5.97 Å². The number of carboxylic acid groups (broad SMARTS) is 1. The molecule has 1 saturated carbocycles. The Morgan fingerprint density at radius 1 is 1.45 bits per heavy atom. The van der Waals surface area contributed by atoms with Gasteiger partial charge in [-0.15, -0.1) is 0 Å². The van der Waals surface area contributed by atoms with Crippen LogP contribution in [0, 0.1) is 22.5 Å². The van der Waals surface area contributed by atoms with Gasteiger partial charge in [0.05, 0.1) is 10.3 Å². The van der Waals surface area contributed by atoms with E-state index >= 15 is 0 Å². The first-order valence-electron chi connectivity index (χ1n) is 6.13. The Morgan fingerprint density at radius 3 is 2.60 bits per heavy atom. The molecule has 2 N–H and O–H groups in total. The summed E-state index contributed by atoms with van der Waals surface area (Å²) < 4.78 is 0. The van der Waals surface area contributed by atoms with E-state index in [0.717, 1.165) is 0 Å². The third-order valence-corrected chi connectivity index (χ3v) is 3.64. The predicted molar refractivity (Wildman–Crippen MR) is 69.5 cm³/mol. The van der Waals surface area contributed by atoms with Gasteiger partial charge in [-0.3, -0.25) is 19.7 Å². The third kappa shape index (κ3) is 2.47. The van der Waals surface area contributed by atoms with Crippen molar-refractivity contribution in [2.24, 2.45) is 5.41 Å². The third-order valence-electron chi connectivity index (χ3n) is 3.64. The van der Waals surface area contributed by atoms with Crippen LogP contribution in [0.15, 0.2) is 18.2 Å². The Labute approximate surface area is 114 Å². The Bertz CT molecular complexity index is 592.